The summed E-state index contributed by atoms with van der Waals surface area (Å²) < 4.78 is 0. The van der Waals surface area contributed by atoms with Crippen molar-refractivity contribution in [2.24, 2.45) is 5.73 Å². The van der Waals surface area contributed by atoms with Crippen LogP contribution in [-0.4, -0.2) is 5.54 Å². The third-order valence-corrected chi connectivity index (χ3v) is 3.28. The van der Waals surface area contributed by atoms with Gasteiger partial charge in [-0.2, -0.15) is 0 Å². The Hall–Kier alpha value is -0.530. The number of benzene rings is 1. The van der Waals surface area contributed by atoms with Gasteiger partial charge in [0.15, 0.2) is 0 Å². The maximum atomic E-state index is 6.24. The Kier molecular flexibility index (Phi) is 3.97. The molecular weight excluding hydrogens is 194 g/mol. The maximum absolute atomic E-state index is 6.24. The Balaban J connectivity index is 2.82. The number of rotatable bonds is 4. The molecule has 1 aromatic rings. The van der Waals surface area contributed by atoms with Crippen LogP contribution in [0.4, 0.5) is 0 Å². The van der Waals surface area contributed by atoms with Crippen molar-refractivity contribution in [2.45, 2.75) is 38.6 Å². The summed E-state index contributed by atoms with van der Waals surface area (Å²) in [5.74, 6) is 0. The van der Waals surface area contributed by atoms with Gasteiger partial charge in [0.05, 0.1) is 0 Å². The molecule has 0 bridgehead atoms. The highest BCUT2D eigenvalue weighted by Crippen LogP contribution is 2.23. The van der Waals surface area contributed by atoms with Crippen molar-refractivity contribution in [2.75, 3.05) is 0 Å². The lowest BCUT2D eigenvalue weighted by Gasteiger charge is -2.27. The summed E-state index contributed by atoms with van der Waals surface area (Å²) in [5, 5.41) is 0.823. The third kappa shape index (κ3) is 2.73. The van der Waals surface area contributed by atoms with Crippen molar-refractivity contribution >= 4 is 11.6 Å². The van der Waals surface area contributed by atoms with Gasteiger partial charge >= 0.3 is 0 Å². The van der Waals surface area contributed by atoms with Crippen LogP contribution in [0.25, 0.3) is 0 Å². The van der Waals surface area contributed by atoms with Crippen LogP contribution in [0.1, 0.15) is 32.3 Å². The van der Waals surface area contributed by atoms with E-state index < -0.39 is 0 Å². The first kappa shape index (κ1) is 11.5. The lowest BCUT2D eigenvalue weighted by atomic mass is 9.87. The van der Waals surface area contributed by atoms with Gasteiger partial charge in [-0.15, -0.1) is 0 Å². The van der Waals surface area contributed by atoms with E-state index in [1.807, 2.05) is 18.2 Å². The molecule has 0 saturated carbocycles. The van der Waals surface area contributed by atoms with Crippen LogP contribution >= 0.6 is 11.6 Å². The number of hydrogen-bond acceptors (Lipinski definition) is 1. The molecule has 1 aromatic carbocycles. The summed E-state index contributed by atoms with van der Waals surface area (Å²) in [5.41, 5.74) is 7.29. The Morgan fingerprint density at radius 3 is 2.29 bits per heavy atom. The molecule has 2 N–H and O–H groups in total. The first-order valence-electron chi connectivity index (χ1n) is 5.13. The van der Waals surface area contributed by atoms with Crippen LogP contribution in [0.3, 0.4) is 0 Å². The fourth-order valence-corrected chi connectivity index (χ4v) is 1.72. The maximum Gasteiger partial charge on any atom is 0.0438 e. The zero-order valence-corrected chi connectivity index (χ0v) is 9.64. The largest absolute Gasteiger partial charge is 0.325 e. The first-order chi connectivity index (χ1) is 6.61. The van der Waals surface area contributed by atoms with E-state index in [0.717, 1.165) is 29.8 Å². The average molecular weight is 212 g/mol. The molecule has 0 atom stereocenters. The number of halogens is 1. The number of hydrogen-bond donors (Lipinski definition) is 1. The summed E-state index contributed by atoms with van der Waals surface area (Å²) in [4.78, 5) is 0. The van der Waals surface area contributed by atoms with Gasteiger partial charge in [-0.05, 0) is 30.9 Å². The lowest BCUT2D eigenvalue weighted by molar-refractivity contribution is 0.393. The molecule has 0 heterocycles. The van der Waals surface area contributed by atoms with Gasteiger partial charge in [0.25, 0.3) is 0 Å². The van der Waals surface area contributed by atoms with Gasteiger partial charge in [-0.25, -0.2) is 0 Å². The fourth-order valence-electron chi connectivity index (χ4n) is 1.52. The van der Waals surface area contributed by atoms with Crippen molar-refractivity contribution in [3.05, 3.63) is 34.9 Å². The van der Waals surface area contributed by atoms with E-state index in [9.17, 15) is 0 Å². The van der Waals surface area contributed by atoms with Gasteiger partial charge in [0.2, 0.25) is 0 Å². The van der Waals surface area contributed by atoms with Crippen LogP contribution in [-0.2, 0) is 6.42 Å². The molecule has 0 spiro atoms. The molecule has 14 heavy (non-hydrogen) atoms. The highest BCUT2D eigenvalue weighted by molar-refractivity contribution is 6.31. The second kappa shape index (κ2) is 4.81. The van der Waals surface area contributed by atoms with E-state index in [1.54, 1.807) is 0 Å². The predicted octanol–water partition coefficient (Wildman–Crippen LogP) is 3.40. The highest BCUT2D eigenvalue weighted by atomic mass is 35.5. The summed E-state index contributed by atoms with van der Waals surface area (Å²) >= 11 is 6.09. The topological polar surface area (TPSA) is 26.0 Å². The second-order valence-electron chi connectivity index (χ2n) is 3.84. The molecule has 0 aliphatic rings. The molecule has 0 saturated heterocycles. The highest BCUT2D eigenvalue weighted by Gasteiger charge is 2.21. The van der Waals surface area contributed by atoms with Crippen LogP contribution in [0.5, 0.6) is 0 Å². The van der Waals surface area contributed by atoms with Crippen molar-refractivity contribution in [3.63, 3.8) is 0 Å². The van der Waals surface area contributed by atoms with Crippen molar-refractivity contribution in [1.29, 1.82) is 0 Å². The van der Waals surface area contributed by atoms with Crippen molar-refractivity contribution < 1.29 is 0 Å². The molecule has 0 amide bonds. The van der Waals surface area contributed by atoms with E-state index in [-0.39, 0.29) is 5.54 Å². The smallest absolute Gasteiger partial charge is 0.0438 e. The van der Waals surface area contributed by atoms with Gasteiger partial charge in [-0.1, -0.05) is 43.6 Å². The minimum absolute atomic E-state index is 0.106. The molecule has 0 aromatic heterocycles. The van der Waals surface area contributed by atoms with Gasteiger partial charge in [-0.3, -0.25) is 0 Å². The van der Waals surface area contributed by atoms with Crippen LogP contribution in [0.15, 0.2) is 24.3 Å². The van der Waals surface area contributed by atoms with Crippen LogP contribution in [0.2, 0.25) is 5.02 Å². The standard InChI is InChI=1S/C12H18ClN/c1-3-12(14,4-2)9-10-7-5-6-8-11(10)13/h5-8H,3-4,9,14H2,1-2H3. The predicted molar refractivity (Wildman–Crippen MR) is 62.7 cm³/mol. The first-order valence-corrected chi connectivity index (χ1v) is 5.51. The molecule has 1 rings (SSSR count). The lowest BCUT2D eigenvalue weighted by Crippen LogP contribution is -2.40. The van der Waals surface area contributed by atoms with Gasteiger partial charge in [0.1, 0.15) is 0 Å². The summed E-state index contributed by atoms with van der Waals surface area (Å²) in [6, 6.07) is 7.92. The molecule has 1 nitrogen and oxygen atoms in total. The Morgan fingerprint density at radius 1 is 1.21 bits per heavy atom. The molecule has 0 fully saturated rings. The number of nitrogens with two attached hydrogens (primary N) is 1. The van der Waals surface area contributed by atoms with Gasteiger partial charge < -0.3 is 5.73 Å². The monoisotopic (exact) mass is 211 g/mol. The van der Waals surface area contributed by atoms with Crippen molar-refractivity contribution in [3.8, 4) is 0 Å². The minimum Gasteiger partial charge on any atom is -0.325 e. The SMILES string of the molecule is CCC(N)(CC)Cc1ccccc1Cl. The van der Waals surface area contributed by atoms with E-state index in [4.69, 9.17) is 17.3 Å². The Labute approximate surface area is 91.3 Å². The zero-order valence-electron chi connectivity index (χ0n) is 8.89. The fraction of sp³-hybridized carbons (Fsp3) is 0.500. The molecule has 78 valence electrons. The van der Waals surface area contributed by atoms with E-state index >= 15 is 0 Å². The zero-order chi connectivity index (χ0) is 10.6. The summed E-state index contributed by atoms with van der Waals surface area (Å²) in [6.07, 6.45) is 2.82. The second-order valence-corrected chi connectivity index (χ2v) is 4.24. The molecule has 2 heteroatoms. The van der Waals surface area contributed by atoms with E-state index in [0.29, 0.717) is 0 Å². The normalized spacial score (nSPS) is 11.7. The van der Waals surface area contributed by atoms with Crippen LogP contribution in [0, 0.1) is 0 Å². The molecular formula is C12H18ClN. The quantitative estimate of drug-likeness (QED) is 0.812. The minimum atomic E-state index is -0.106. The average Bonchev–Trinajstić information content (AvgIpc) is 2.21. The summed E-state index contributed by atoms with van der Waals surface area (Å²) in [6.45, 7) is 4.25. The Bertz CT molecular complexity index is 292. The van der Waals surface area contributed by atoms with Gasteiger partial charge in [0, 0.05) is 10.6 Å². The van der Waals surface area contributed by atoms with E-state index in [2.05, 4.69) is 19.9 Å². The summed E-state index contributed by atoms with van der Waals surface area (Å²) in [7, 11) is 0. The van der Waals surface area contributed by atoms with Crippen LogP contribution < -0.4 is 5.73 Å². The molecule has 0 unspecified atom stereocenters. The van der Waals surface area contributed by atoms with Crippen molar-refractivity contribution in [1.82, 2.24) is 0 Å². The Morgan fingerprint density at radius 2 is 1.79 bits per heavy atom. The third-order valence-electron chi connectivity index (χ3n) is 2.91. The molecule has 0 radical (unpaired) electrons. The molecule has 0 aliphatic heterocycles. The molecule has 0 aliphatic carbocycles. The van der Waals surface area contributed by atoms with E-state index in [1.165, 1.54) is 0 Å².